The number of methoxy groups -OCH3 is 1. The Hall–Kier alpha value is -2.89. The lowest BCUT2D eigenvalue weighted by Crippen LogP contribution is -2.71. The van der Waals surface area contributed by atoms with Crippen LogP contribution in [0.1, 0.15) is 34.6 Å². The van der Waals surface area contributed by atoms with E-state index in [2.05, 4.69) is 5.32 Å². The first-order chi connectivity index (χ1) is 17.4. The first-order valence-electron chi connectivity index (χ1n) is 12.2. The largest absolute Gasteiger partial charge is 0.417 e. The number of nitrogens with zero attached hydrogens (tertiary/aromatic N) is 1. The molecule has 0 aliphatic heterocycles. The average molecular weight is 506 g/mol. The molecule has 200 valence electrons. The van der Waals surface area contributed by atoms with Crippen molar-refractivity contribution in [2.75, 3.05) is 56.0 Å². The minimum absolute atomic E-state index is 0.269. The van der Waals surface area contributed by atoms with Gasteiger partial charge >= 0.3 is 18.0 Å². The van der Waals surface area contributed by atoms with E-state index >= 15 is 0 Å². The van der Waals surface area contributed by atoms with E-state index in [0.29, 0.717) is 29.4 Å². The smallest absolute Gasteiger partial charge is 0.410 e. The monoisotopic (exact) mass is 505 g/mol. The van der Waals surface area contributed by atoms with Gasteiger partial charge in [0, 0.05) is 45.8 Å². The molecule has 0 aliphatic carbocycles. The Morgan fingerprint density at radius 2 is 1.47 bits per heavy atom. The van der Waals surface area contributed by atoms with Gasteiger partial charge in [0.1, 0.15) is 5.75 Å². The van der Waals surface area contributed by atoms with Crippen LogP contribution in [0.4, 0.5) is 21.9 Å². The minimum Gasteiger partial charge on any atom is -0.410 e. The Morgan fingerprint density at radius 1 is 0.889 bits per heavy atom. The van der Waals surface area contributed by atoms with E-state index in [1.807, 2.05) is 45.6 Å². The van der Waals surface area contributed by atoms with Crippen molar-refractivity contribution in [2.24, 2.45) is 0 Å². The molecule has 0 saturated heterocycles. The maximum Gasteiger partial charge on any atom is 0.417 e. The third-order valence-corrected chi connectivity index (χ3v) is 5.21. The number of amides is 1. The van der Waals surface area contributed by atoms with Crippen molar-refractivity contribution in [1.82, 2.24) is 0 Å². The fourth-order valence-electron chi connectivity index (χ4n) is 3.89. The molecule has 1 amide bonds. The summed E-state index contributed by atoms with van der Waals surface area (Å²) in [4.78, 5) is 14.4. The summed E-state index contributed by atoms with van der Waals surface area (Å²) < 4.78 is 35.7. The highest BCUT2D eigenvalue weighted by molar-refractivity contribution is 5.91. The summed E-state index contributed by atoms with van der Waals surface area (Å²) in [6.45, 7) is 10.8. The summed E-state index contributed by atoms with van der Waals surface area (Å²) >= 11 is 0. The predicted molar refractivity (Wildman–Crippen MR) is 139 cm³/mol. The highest BCUT2D eigenvalue weighted by atomic mass is 16.9. The molecular weight excluding hydrogens is 466 g/mol. The van der Waals surface area contributed by atoms with Crippen molar-refractivity contribution in [3.8, 4) is 5.75 Å². The van der Waals surface area contributed by atoms with Gasteiger partial charge in [-0.05, 0) is 65.0 Å². The van der Waals surface area contributed by atoms with Crippen LogP contribution in [0.2, 0.25) is 0 Å². The molecule has 10 heteroatoms. The molecule has 0 atom stereocenters. The molecule has 0 unspecified atom stereocenters. The van der Waals surface area contributed by atoms with E-state index in [9.17, 15) is 4.79 Å². The molecule has 36 heavy (non-hydrogen) atoms. The Bertz CT molecular complexity index is 930. The Kier molecular flexibility index (Phi) is 11.4. The van der Waals surface area contributed by atoms with Gasteiger partial charge < -0.3 is 39.1 Å². The van der Waals surface area contributed by atoms with E-state index in [4.69, 9.17) is 34.2 Å². The van der Waals surface area contributed by atoms with Crippen LogP contribution in [0.5, 0.6) is 5.75 Å². The number of nitrogens with two attached hydrogens (primary N) is 1. The highest BCUT2D eigenvalue weighted by Gasteiger charge is 2.62. The predicted octanol–water partition coefficient (Wildman–Crippen LogP) is 4.81. The number of hydrogen-bond acceptors (Lipinski definition) is 9. The zero-order chi connectivity index (χ0) is 26.6. The highest BCUT2D eigenvalue weighted by Crippen LogP contribution is 2.41. The molecule has 3 N–H and O–H groups in total. The number of nitrogen functional groups attached to an aromatic ring is 1. The van der Waals surface area contributed by atoms with Gasteiger partial charge in [-0.25, -0.2) is 4.79 Å². The first kappa shape index (κ1) is 29.3. The van der Waals surface area contributed by atoms with E-state index in [1.165, 1.54) is 7.11 Å². The third-order valence-electron chi connectivity index (χ3n) is 5.21. The average Bonchev–Trinajstić information content (AvgIpc) is 2.86. The molecule has 2 aromatic rings. The van der Waals surface area contributed by atoms with Crippen LogP contribution in [0.25, 0.3) is 0 Å². The molecule has 0 radical (unpaired) electrons. The van der Waals surface area contributed by atoms with Gasteiger partial charge in [-0.15, -0.1) is 0 Å². The molecule has 0 spiro atoms. The van der Waals surface area contributed by atoms with E-state index in [0.717, 1.165) is 0 Å². The standard InChI is InChI=1S/C26H39N3O7/c1-7-29(25(32-8-2,33-9-3)26(31-6,34-10-4)35-11-5)20-17-18-22(27)23(19-20)28-24(30)36-21-15-13-12-14-16-21/h12-19H,7-11,27H2,1-6H3,(H,28,30). The summed E-state index contributed by atoms with van der Waals surface area (Å²) in [7, 11) is 1.47. The maximum absolute atomic E-state index is 12.6. The van der Waals surface area contributed by atoms with Gasteiger partial charge in [0.25, 0.3) is 0 Å². The van der Waals surface area contributed by atoms with E-state index in [-0.39, 0.29) is 26.4 Å². The Morgan fingerprint density at radius 3 is 1.97 bits per heavy atom. The summed E-state index contributed by atoms with van der Waals surface area (Å²) in [6, 6.07) is 13.9. The number of nitrogens with one attached hydrogen (secondary N) is 1. The number of benzene rings is 2. The fourth-order valence-corrected chi connectivity index (χ4v) is 3.89. The van der Waals surface area contributed by atoms with Crippen LogP contribution in [0, 0.1) is 0 Å². The summed E-state index contributed by atoms with van der Waals surface area (Å²) in [5, 5.41) is 2.71. The lowest BCUT2D eigenvalue weighted by Gasteiger charge is -2.51. The second kappa shape index (κ2) is 14.0. The third kappa shape index (κ3) is 6.45. The van der Waals surface area contributed by atoms with Crippen LogP contribution in [0.15, 0.2) is 48.5 Å². The second-order valence-corrected chi connectivity index (χ2v) is 7.42. The summed E-state index contributed by atoms with van der Waals surface area (Å²) in [5.41, 5.74) is 7.50. The molecule has 0 aromatic heterocycles. The number of carbonyl (C=O) groups excluding carboxylic acids is 1. The normalized spacial score (nSPS) is 11.8. The van der Waals surface area contributed by atoms with Crippen molar-refractivity contribution in [2.45, 2.75) is 46.5 Å². The molecule has 0 fully saturated rings. The van der Waals surface area contributed by atoms with Crippen LogP contribution < -0.4 is 20.7 Å². The van der Waals surface area contributed by atoms with Gasteiger partial charge in [-0.3, -0.25) is 5.32 Å². The SMILES string of the molecule is CCOC(OC)(OCC)C(OCC)(OCC)N(CC)c1ccc(N)c(NC(=O)Oc2ccccc2)c1. The molecule has 0 aliphatic rings. The number of likely N-dealkylation sites (N-methyl/N-ethyl adjacent to an activating group) is 1. The Balaban J connectivity index is 2.54. The number of ether oxygens (including phenoxy) is 6. The quantitative estimate of drug-likeness (QED) is 0.260. The van der Waals surface area contributed by atoms with Gasteiger partial charge in [0.05, 0.1) is 11.4 Å². The molecule has 10 nitrogen and oxygen atoms in total. The number of hydrogen-bond donors (Lipinski definition) is 2. The second-order valence-electron chi connectivity index (χ2n) is 7.42. The minimum atomic E-state index is -1.72. The topological polar surface area (TPSA) is 114 Å². The number of carbonyl (C=O) groups is 1. The lowest BCUT2D eigenvalue weighted by molar-refractivity contribution is -0.490. The van der Waals surface area contributed by atoms with Crippen LogP contribution in [0.3, 0.4) is 0 Å². The van der Waals surface area contributed by atoms with Crippen molar-refractivity contribution >= 4 is 23.2 Å². The molecular formula is C26H39N3O7. The van der Waals surface area contributed by atoms with E-state index < -0.39 is 18.0 Å². The van der Waals surface area contributed by atoms with Crippen LogP contribution in [-0.4, -0.2) is 58.1 Å². The van der Waals surface area contributed by atoms with Gasteiger partial charge in [-0.1, -0.05) is 18.2 Å². The van der Waals surface area contributed by atoms with Crippen molar-refractivity contribution in [3.63, 3.8) is 0 Å². The first-order valence-corrected chi connectivity index (χ1v) is 12.2. The van der Waals surface area contributed by atoms with Crippen LogP contribution >= 0.6 is 0 Å². The Labute approximate surface area is 213 Å². The van der Waals surface area contributed by atoms with Crippen molar-refractivity contribution < 1.29 is 33.2 Å². The van der Waals surface area contributed by atoms with Crippen LogP contribution in [-0.2, 0) is 23.7 Å². The molecule has 0 bridgehead atoms. The molecule has 0 saturated carbocycles. The number of anilines is 3. The summed E-state index contributed by atoms with van der Waals surface area (Å²) in [5.74, 6) is -2.95. The molecule has 0 heterocycles. The zero-order valence-corrected chi connectivity index (χ0v) is 22.0. The number of rotatable bonds is 15. The van der Waals surface area contributed by atoms with Gasteiger partial charge in [0.2, 0.25) is 0 Å². The van der Waals surface area contributed by atoms with E-state index in [1.54, 1.807) is 42.5 Å². The maximum atomic E-state index is 12.6. The molecule has 2 rings (SSSR count). The van der Waals surface area contributed by atoms with Gasteiger partial charge in [0.15, 0.2) is 0 Å². The lowest BCUT2D eigenvalue weighted by atomic mass is 10.2. The van der Waals surface area contributed by atoms with Crippen molar-refractivity contribution in [1.29, 1.82) is 0 Å². The van der Waals surface area contributed by atoms with Crippen molar-refractivity contribution in [3.05, 3.63) is 48.5 Å². The van der Waals surface area contributed by atoms with Gasteiger partial charge in [-0.2, -0.15) is 0 Å². The summed E-state index contributed by atoms with van der Waals surface area (Å²) in [6.07, 6.45) is -0.677. The zero-order valence-electron chi connectivity index (χ0n) is 22.0. The molecule has 2 aromatic carbocycles. The number of para-hydroxylation sites is 1. The fraction of sp³-hybridized carbons (Fsp3) is 0.500.